The monoisotopic (exact) mass is 515 g/mol. The summed E-state index contributed by atoms with van der Waals surface area (Å²) < 4.78 is 0. The Morgan fingerprint density at radius 2 is 1.65 bits per heavy atom. The van der Waals surface area contributed by atoms with Gasteiger partial charge in [0, 0.05) is 35.8 Å². The minimum atomic E-state index is -0.0680. The van der Waals surface area contributed by atoms with Gasteiger partial charge in [0.1, 0.15) is 0 Å². The quantitative estimate of drug-likeness (QED) is 0.364. The van der Waals surface area contributed by atoms with Crippen molar-refractivity contribution >= 4 is 34.7 Å². The molecule has 3 aromatic rings. The molecule has 0 bridgehead atoms. The van der Waals surface area contributed by atoms with Gasteiger partial charge in [-0.1, -0.05) is 74.0 Å². The van der Waals surface area contributed by atoms with Gasteiger partial charge in [0.15, 0.2) is 0 Å². The summed E-state index contributed by atoms with van der Waals surface area (Å²) in [5, 5.41) is 3.62. The second-order valence-electron chi connectivity index (χ2n) is 9.13. The summed E-state index contributed by atoms with van der Waals surface area (Å²) in [6, 6.07) is 23.4. The maximum absolute atomic E-state index is 13.6. The summed E-state index contributed by atoms with van der Waals surface area (Å²) in [4.78, 5) is 30.5. The van der Waals surface area contributed by atoms with Gasteiger partial charge < -0.3 is 15.1 Å². The van der Waals surface area contributed by atoms with Crippen LogP contribution in [0.5, 0.6) is 0 Å². The lowest BCUT2D eigenvalue weighted by Crippen LogP contribution is -2.34. The van der Waals surface area contributed by atoms with Crippen LogP contribution in [-0.2, 0) is 4.79 Å². The molecule has 0 aromatic heterocycles. The molecule has 192 valence electrons. The van der Waals surface area contributed by atoms with Crippen molar-refractivity contribution in [1.82, 2.24) is 10.2 Å². The number of hydrogen-bond acceptors (Lipinski definition) is 3. The van der Waals surface area contributed by atoms with E-state index in [1.54, 1.807) is 11.0 Å². The Bertz CT molecular complexity index is 1250. The van der Waals surface area contributed by atoms with E-state index in [1.165, 1.54) is 0 Å². The van der Waals surface area contributed by atoms with Gasteiger partial charge in [0.2, 0.25) is 5.91 Å². The van der Waals surface area contributed by atoms with E-state index in [-0.39, 0.29) is 18.2 Å². The number of nitrogens with one attached hydrogen (secondary N) is 1. The number of amides is 2. The molecule has 0 radical (unpaired) electrons. The molecular weight excluding hydrogens is 482 g/mol. The van der Waals surface area contributed by atoms with Crippen LogP contribution in [0.3, 0.4) is 0 Å². The maximum atomic E-state index is 13.6. The fourth-order valence-electron chi connectivity index (χ4n) is 4.70. The lowest BCUT2D eigenvalue weighted by atomic mass is 9.99. The summed E-state index contributed by atoms with van der Waals surface area (Å²) in [7, 11) is 0. The Kier molecular flexibility index (Phi) is 9.15. The first kappa shape index (κ1) is 26.6. The van der Waals surface area contributed by atoms with Gasteiger partial charge in [-0.25, -0.2) is 0 Å². The predicted molar refractivity (Wildman–Crippen MR) is 153 cm³/mol. The molecule has 37 heavy (non-hydrogen) atoms. The van der Waals surface area contributed by atoms with E-state index in [4.69, 9.17) is 11.6 Å². The summed E-state index contributed by atoms with van der Waals surface area (Å²) in [5.41, 5.74) is 5.31. The van der Waals surface area contributed by atoms with Crippen molar-refractivity contribution in [1.29, 1.82) is 0 Å². The second kappa shape index (κ2) is 12.7. The van der Waals surface area contributed by atoms with E-state index in [1.807, 2.05) is 54.6 Å². The van der Waals surface area contributed by atoms with Crippen LogP contribution in [0.25, 0.3) is 16.7 Å². The first-order chi connectivity index (χ1) is 18.0. The van der Waals surface area contributed by atoms with Gasteiger partial charge >= 0.3 is 0 Å². The summed E-state index contributed by atoms with van der Waals surface area (Å²) in [5.74, 6) is -0.0953. The maximum Gasteiger partial charge on any atom is 0.258 e. The molecule has 0 atom stereocenters. The molecule has 0 aliphatic carbocycles. The third kappa shape index (κ3) is 6.68. The van der Waals surface area contributed by atoms with Crippen LogP contribution >= 0.6 is 11.6 Å². The number of carbonyl (C=O) groups is 2. The van der Waals surface area contributed by atoms with Crippen molar-refractivity contribution in [2.75, 3.05) is 37.6 Å². The van der Waals surface area contributed by atoms with Gasteiger partial charge in [-0.15, -0.1) is 0 Å². The smallest absolute Gasteiger partial charge is 0.258 e. The molecule has 3 aromatic carbocycles. The molecule has 0 unspecified atom stereocenters. The van der Waals surface area contributed by atoms with E-state index >= 15 is 0 Å². The average molecular weight is 516 g/mol. The van der Waals surface area contributed by atoms with Crippen molar-refractivity contribution in [3.05, 3.63) is 95.0 Å². The highest BCUT2D eigenvalue weighted by Gasteiger charge is 2.25. The number of likely N-dealkylation sites (N-methyl/N-ethyl adjacent to an activating group) is 1. The molecule has 5 nitrogen and oxygen atoms in total. The zero-order chi connectivity index (χ0) is 26.2. The normalized spacial score (nSPS) is 13.1. The van der Waals surface area contributed by atoms with E-state index in [0.717, 1.165) is 47.6 Å². The van der Waals surface area contributed by atoms with E-state index in [0.29, 0.717) is 30.1 Å². The van der Waals surface area contributed by atoms with E-state index in [9.17, 15) is 9.59 Å². The number of halogens is 1. The minimum absolute atomic E-state index is 0.0272. The molecule has 1 heterocycles. The van der Waals surface area contributed by atoms with E-state index < -0.39 is 0 Å². The predicted octanol–water partition coefficient (Wildman–Crippen LogP) is 6.29. The lowest BCUT2D eigenvalue weighted by molar-refractivity contribution is -0.120. The van der Waals surface area contributed by atoms with Crippen LogP contribution < -0.4 is 10.2 Å². The van der Waals surface area contributed by atoms with Crippen molar-refractivity contribution < 1.29 is 9.59 Å². The van der Waals surface area contributed by atoms with Crippen LogP contribution in [-0.4, -0.2) is 49.4 Å². The van der Waals surface area contributed by atoms with Gasteiger partial charge in [0.25, 0.3) is 5.91 Å². The highest BCUT2D eigenvalue weighted by Crippen LogP contribution is 2.35. The standard InChI is InChI=1S/C31H34ClN3O2/c1-3-34(4-2)20-18-33-30(36)21-26-11-8-19-35(29-17-16-27(32)22-28(26)29)31(37)25-14-12-24(13-15-25)23-9-6-5-7-10-23/h5-7,9-17,22H,3-4,8,18-21H2,1-2H3,(H,33,36). The fraction of sp³-hybridized carbons (Fsp3) is 0.290. The highest BCUT2D eigenvalue weighted by molar-refractivity contribution is 6.31. The first-order valence-corrected chi connectivity index (χ1v) is 13.3. The Morgan fingerprint density at radius 3 is 2.35 bits per heavy atom. The van der Waals surface area contributed by atoms with E-state index in [2.05, 4.69) is 42.3 Å². The molecule has 2 amide bonds. The molecule has 0 spiro atoms. The zero-order valence-corrected chi connectivity index (χ0v) is 22.3. The minimum Gasteiger partial charge on any atom is -0.355 e. The first-order valence-electron chi connectivity index (χ1n) is 13.0. The molecule has 0 saturated carbocycles. The van der Waals surface area contributed by atoms with Crippen LogP contribution in [0.2, 0.25) is 5.02 Å². The average Bonchev–Trinajstić information content (AvgIpc) is 3.10. The van der Waals surface area contributed by atoms with Crippen molar-refractivity contribution in [3.63, 3.8) is 0 Å². The van der Waals surface area contributed by atoms with Gasteiger partial charge in [-0.2, -0.15) is 0 Å². The molecule has 6 heteroatoms. The fourth-order valence-corrected chi connectivity index (χ4v) is 4.87. The largest absolute Gasteiger partial charge is 0.355 e. The van der Waals surface area contributed by atoms with Gasteiger partial charge in [-0.3, -0.25) is 9.59 Å². The summed E-state index contributed by atoms with van der Waals surface area (Å²) in [6.07, 6.45) is 2.96. The van der Waals surface area contributed by atoms with Crippen LogP contribution in [0.15, 0.2) is 78.9 Å². The van der Waals surface area contributed by atoms with Crippen LogP contribution in [0, 0.1) is 0 Å². The number of carbonyl (C=O) groups excluding carboxylic acids is 2. The van der Waals surface area contributed by atoms with Crippen LogP contribution in [0.4, 0.5) is 5.69 Å². The molecular formula is C31H34ClN3O2. The third-order valence-electron chi connectivity index (χ3n) is 6.82. The van der Waals surface area contributed by atoms with Crippen LogP contribution in [0.1, 0.15) is 42.6 Å². The Morgan fingerprint density at radius 1 is 0.946 bits per heavy atom. The topological polar surface area (TPSA) is 52.7 Å². The second-order valence-corrected chi connectivity index (χ2v) is 9.57. The van der Waals surface area contributed by atoms with Crippen molar-refractivity contribution in [3.8, 4) is 11.1 Å². The molecule has 1 aliphatic heterocycles. The number of benzene rings is 3. The molecule has 4 rings (SSSR count). The number of nitrogens with zero attached hydrogens (tertiary/aromatic N) is 2. The zero-order valence-electron chi connectivity index (χ0n) is 21.5. The Labute approximate surface area is 224 Å². The SMILES string of the molecule is CCN(CC)CCNC(=O)CC1=CCCN(C(=O)c2ccc(-c3ccccc3)cc2)c2ccc(Cl)cc21. The molecule has 1 N–H and O–H groups in total. The van der Waals surface area contributed by atoms with Crippen molar-refractivity contribution in [2.24, 2.45) is 0 Å². The number of hydrogen-bond donors (Lipinski definition) is 1. The van der Waals surface area contributed by atoms with Gasteiger partial charge in [-0.05, 0) is 66.5 Å². The summed E-state index contributed by atoms with van der Waals surface area (Å²) >= 11 is 6.37. The lowest BCUT2D eigenvalue weighted by Gasteiger charge is -2.24. The number of fused-ring (bicyclic) bond motifs is 1. The molecule has 0 fully saturated rings. The highest BCUT2D eigenvalue weighted by atomic mass is 35.5. The third-order valence-corrected chi connectivity index (χ3v) is 7.05. The molecule has 1 aliphatic rings. The van der Waals surface area contributed by atoms with Gasteiger partial charge in [0.05, 0.1) is 12.1 Å². The Balaban J connectivity index is 1.51. The Hall–Kier alpha value is -3.41. The summed E-state index contributed by atoms with van der Waals surface area (Å²) in [6.45, 7) is 8.12. The number of anilines is 1. The van der Waals surface area contributed by atoms with Crippen molar-refractivity contribution in [2.45, 2.75) is 26.7 Å². The number of rotatable bonds is 9. The molecule has 0 saturated heterocycles.